The molecule has 172 valence electrons. The van der Waals surface area contributed by atoms with Crippen molar-refractivity contribution in [2.45, 2.75) is 89.9 Å². The number of amides is 2. The standard InChI is InChI=1S/C25H34N4O3/c1-24(2,3)21-14-19-22(31)28(15-17-10-8-9-13-20(17)30)25(4,16-29(19)27-21)23(32)26-18-11-6-5-7-12-18/h8-10,13-14,18,30H,5-7,11-12,15-16H2,1-4H3,(H,26,32). The van der Waals surface area contributed by atoms with Gasteiger partial charge >= 0.3 is 0 Å². The first-order chi connectivity index (χ1) is 15.1. The molecule has 7 heteroatoms. The zero-order valence-electron chi connectivity index (χ0n) is 19.5. The summed E-state index contributed by atoms with van der Waals surface area (Å²) < 4.78 is 1.69. The third-order valence-electron chi connectivity index (χ3n) is 6.82. The molecule has 0 spiro atoms. The number of aromatic hydroxyl groups is 1. The van der Waals surface area contributed by atoms with Gasteiger partial charge in [-0.2, -0.15) is 5.10 Å². The van der Waals surface area contributed by atoms with Crippen LogP contribution in [0.4, 0.5) is 0 Å². The van der Waals surface area contributed by atoms with Crippen LogP contribution in [0.25, 0.3) is 0 Å². The average Bonchev–Trinajstić information content (AvgIpc) is 3.17. The molecule has 1 fully saturated rings. The van der Waals surface area contributed by atoms with Gasteiger partial charge in [0.1, 0.15) is 17.0 Å². The number of aromatic nitrogens is 2. The number of nitrogens with zero attached hydrogens (tertiary/aromatic N) is 3. The third kappa shape index (κ3) is 4.12. The lowest BCUT2D eigenvalue weighted by Gasteiger charge is -2.44. The van der Waals surface area contributed by atoms with Crippen molar-refractivity contribution in [3.8, 4) is 5.75 Å². The second-order valence-electron chi connectivity index (χ2n) is 10.4. The largest absolute Gasteiger partial charge is 0.508 e. The SMILES string of the molecule is CC(C)(C)c1cc2n(n1)CC(C)(C(=O)NC1CCCCC1)N(Cc1ccccc1O)C2=O. The van der Waals surface area contributed by atoms with E-state index in [4.69, 9.17) is 5.10 Å². The highest BCUT2D eigenvalue weighted by molar-refractivity contribution is 5.99. The van der Waals surface area contributed by atoms with Gasteiger partial charge in [-0.05, 0) is 31.9 Å². The van der Waals surface area contributed by atoms with E-state index in [-0.39, 0.29) is 42.1 Å². The van der Waals surface area contributed by atoms with Gasteiger partial charge in [-0.1, -0.05) is 58.2 Å². The number of rotatable bonds is 4. The van der Waals surface area contributed by atoms with Crippen LogP contribution in [-0.4, -0.2) is 43.2 Å². The molecule has 0 saturated heterocycles. The average molecular weight is 439 g/mol. The van der Waals surface area contributed by atoms with Crippen molar-refractivity contribution in [1.29, 1.82) is 0 Å². The molecule has 0 bridgehead atoms. The zero-order valence-corrected chi connectivity index (χ0v) is 19.5. The quantitative estimate of drug-likeness (QED) is 0.761. The molecular weight excluding hydrogens is 404 g/mol. The molecule has 1 aromatic heterocycles. The van der Waals surface area contributed by atoms with Crippen molar-refractivity contribution >= 4 is 11.8 Å². The minimum atomic E-state index is -1.12. The normalized spacial score (nSPS) is 22.0. The Morgan fingerprint density at radius 1 is 1.22 bits per heavy atom. The molecule has 1 aliphatic carbocycles. The highest BCUT2D eigenvalue weighted by Crippen LogP contribution is 2.33. The van der Waals surface area contributed by atoms with Crippen LogP contribution in [0.3, 0.4) is 0 Å². The number of nitrogens with one attached hydrogen (secondary N) is 1. The Morgan fingerprint density at radius 3 is 2.56 bits per heavy atom. The number of carbonyl (C=O) groups is 2. The number of para-hydroxylation sites is 1. The maximum atomic E-state index is 13.7. The summed E-state index contributed by atoms with van der Waals surface area (Å²) in [5, 5.41) is 18.3. The predicted molar refractivity (Wildman–Crippen MR) is 122 cm³/mol. The molecule has 2 aromatic rings. The van der Waals surface area contributed by atoms with Gasteiger partial charge in [0.25, 0.3) is 5.91 Å². The first-order valence-corrected chi connectivity index (χ1v) is 11.6. The van der Waals surface area contributed by atoms with Crippen molar-refractivity contribution in [2.24, 2.45) is 0 Å². The Hall–Kier alpha value is -2.83. The maximum Gasteiger partial charge on any atom is 0.273 e. The van der Waals surface area contributed by atoms with Crippen LogP contribution in [-0.2, 0) is 23.3 Å². The Bertz CT molecular complexity index is 1020. The summed E-state index contributed by atoms with van der Waals surface area (Å²) in [5.74, 6) is -0.291. The van der Waals surface area contributed by atoms with Gasteiger partial charge < -0.3 is 15.3 Å². The van der Waals surface area contributed by atoms with Gasteiger partial charge in [0.05, 0.1) is 18.8 Å². The molecule has 2 N–H and O–H groups in total. The lowest BCUT2D eigenvalue weighted by molar-refractivity contribution is -0.134. The summed E-state index contributed by atoms with van der Waals surface area (Å²) in [7, 11) is 0. The minimum absolute atomic E-state index is 0.116. The van der Waals surface area contributed by atoms with E-state index in [2.05, 4.69) is 26.1 Å². The molecule has 1 atom stereocenters. The van der Waals surface area contributed by atoms with Gasteiger partial charge in [-0.25, -0.2) is 0 Å². The van der Waals surface area contributed by atoms with E-state index in [1.54, 1.807) is 27.8 Å². The van der Waals surface area contributed by atoms with Crippen LogP contribution < -0.4 is 5.32 Å². The van der Waals surface area contributed by atoms with Gasteiger partial charge in [0, 0.05) is 17.0 Å². The second kappa shape index (κ2) is 8.26. The van der Waals surface area contributed by atoms with Gasteiger partial charge in [0.2, 0.25) is 5.91 Å². The van der Waals surface area contributed by atoms with Crippen LogP contribution in [0.2, 0.25) is 0 Å². The van der Waals surface area contributed by atoms with Crippen molar-refractivity contribution < 1.29 is 14.7 Å². The molecule has 1 unspecified atom stereocenters. The molecule has 2 aliphatic rings. The number of fused-ring (bicyclic) bond motifs is 1. The van der Waals surface area contributed by atoms with Crippen molar-refractivity contribution in [3.63, 3.8) is 0 Å². The van der Waals surface area contributed by atoms with Crippen LogP contribution >= 0.6 is 0 Å². The summed E-state index contributed by atoms with van der Waals surface area (Å²) in [6.45, 7) is 8.40. The highest BCUT2D eigenvalue weighted by atomic mass is 16.3. The fraction of sp³-hybridized carbons (Fsp3) is 0.560. The molecule has 1 aliphatic heterocycles. The smallest absolute Gasteiger partial charge is 0.273 e. The number of phenols is 1. The Kier molecular flexibility index (Phi) is 5.77. The first kappa shape index (κ1) is 22.4. The molecule has 0 radical (unpaired) electrons. The van der Waals surface area contributed by atoms with Gasteiger partial charge in [0.15, 0.2) is 0 Å². The third-order valence-corrected chi connectivity index (χ3v) is 6.82. The Labute approximate surface area is 189 Å². The van der Waals surface area contributed by atoms with E-state index in [1.807, 2.05) is 19.1 Å². The van der Waals surface area contributed by atoms with Crippen molar-refractivity contribution in [3.05, 3.63) is 47.3 Å². The lowest BCUT2D eigenvalue weighted by Crippen LogP contribution is -2.64. The predicted octanol–water partition coefficient (Wildman–Crippen LogP) is 3.75. The van der Waals surface area contributed by atoms with Crippen molar-refractivity contribution in [1.82, 2.24) is 20.0 Å². The van der Waals surface area contributed by atoms with E-state index < -0.39 is 5.54 Å². The van der Waals surface area contributed by atoms with Crippen molar-refractivity contribution in [2.75, 3.05) is 0 Å². The number of benzene rings is 1. The number of phenolic OH excluding ortho intramolecular Hbond substituents is 1. The second-order valence-corrected chi connectivity index (χ2v) is 10.4. The van der Waals surface area contributed by atoms with Gasteiger partial charge in [-0.3, -0.25) is 14.3 Å². The van der Waals surface area contributed by atoms with E-state index >= 15 is 0 Å². The summed E-state index contributed by atoms with van der Waals surface area (Å²) in [6.07, 6.45) is 5.36. The molecule has 32 heavy (non-hydrogen) atoms. The topological polar surface area (TPSA) is 87.5 Å². The summed E-state index contributed by atoms with van der Waals surface area (Å²) in [6, 6.07) is 8.93. The molecule has 7 nitrogen and oxygen atoms in total. The van der Waals surface area contributed by atoms with E-state index in [0.717, 1.165) is 31.4 Å². The molecule has 1 aromatic carbocycles. The monoisotopic (exact) mass is 438 g/mol. The Morgan fingerprint density at radius 2 is 1.91 bits per heavy atom. The van der Waals surface area contributed by atoms with E-state index in [0.29, 0.717) is 11.3 Å². The zero-order chi connectivity index (χ0) is 23.1. The van der Waals surface area contributed by atoms with Crippen LogP contribution in [0.1, 0.15) is 81.5 Å². The molecule has 1 saturated carbocycles. The van der Waals surface area contributed by atoms with Crippen LogP contribution in [0.15, 0.2) is 30.3 Å². The fourth-order valence-electron chi connectivity index (χ4n) is 4.66. The van der Waals surface area contributed by atoms with Crippen LogP contribution in [0, 0.1) is 0 Å². The van der Waals surface area contributed by atoms with Gasteiger partial charge in [-0.15, -0.1) is 0 Å². The van der Waals surface area contributed by atoms with Crippen LogP contribution in [0.5, 0.6) is 5.75 Å². The van der Waals surface area contributed by atoms with E-state index in [9.17, 15) is 14.7 Å². The first-order valence-electron chi connectivity index (χ1n) is 11.6. The highest BCUT2D eigenvalue weighted by Gasteiger charge is 2.49. The minimum Gasteiger partial charge on any atom is -0.508 e. The molecule has 4 rings (SSSR count). The lowest BCUT2D eigenvalue weighted by atomic mass is 9.90. The number of hydrogen-bond acceptors (Lipinski definition) is 4. The summed E-state index contributed by atoms with van der Waals surface area (Å²) >= 11 is 0. The molecule has 2 amide bonds. The maximum absolute atomic E-state index is 13.7. The summed E-state index contributed by atoms with van der Waals surface area (Å²) in [4.78, 5) is 28.9. The number of carbonyl (C=O) groups excluding carboxylic acids is 2. The molecular formula is C25H34N4O3. The summed E-state index contributed by atoms with van der Waals surface area (Å²) in [5.41, 5.74) is 0.578. The van der Waals surface area contributed by atoms with E-state index in [1.165, 1.54) is 6.42 Å². The fourth-order valence-corrected chi connectivity index (χ4v) is 4.66. The Balaban J connectivity index is 1.72. The molecule has 2 heterocycles. The number of hydrogen-bond donors (Lipinski definition) is 2.